The van der Waals surface area contributed by atoms with E-state index in [0.717, 1.165) is 24.2 Å². The van der Waals surface area contributed by atoms with E-state index < -0.39 is 0 Å². The van der Waals surface area contributed by atoms with Crippen LogP contribution in [0.3, 0.4) is 0 Å². The molecule has 1 aliphatic rings. The van der Waals surface area contributed by atoms with Gasteiger partial charge in [0, 0.05) is 30.1 Å². The Balaban J connectivity index is 1.87. The van der Waals surface area contributed by atoms with Gasteiger partial charge in [0.05, 0.1) is 19.0 Å². The van der Waals surface area contributed by atoms with Crippen LogP contribution in [0.2, 0.25) is 0 Å². The van der Waals surface area contributed by atoms with E-state index in [1.165, 1.54) is 11.3 Å². The van der Waals surface area contributed by atoms with E-state index >= 15 is 0 Å². The van der Waals surface area contributed by atoms with Gasteiger partial charge in [-0.15, -0.1) is 0 Å². The fraction of sp³-hybridized carbons (Fsp3) is 0.429. The van der Waals surface area contributed by atoms with Crippen molar-refractivity contribution in [3.8, 4) is 5.88 Å². The van der Waals surface area contributed by atoms with Gasteiger partial charge in [-0.2, -0.15) is 0 Å². The SMILES string of the molecule is CCN1c2ccc(C=Nc3ccc(OC)nc3)cc2C(C)CC1(C)C. The van der Waals surface area contributed by atoms with Gasteiger partial charge in [-0.25, -0.2) is 4.98 Å². The highest BCUT2D eigenvalue weighted by Crippen LogP contribution is 2.43. The molecule has 0 aliphatic carbocycles. The summed E-state index contributed by atoms with van der Waals surface area (Å²) >= 11 is 0. The lowest BCUT2D eigenvalue weighted by atomic mass is 9.79. The summed E-state index contributed by atoms with van der Waals surface area (Å²) < 4.78 is 5.08. The van der Waals surface area contributed by atoms with Crippen molar-refractivity contribution < 1.29 is 4.74 Å². The predicted octanol–water partition coefficient (Wildman–Crippen LogP) is 4.95. The summed E-state index contributed by atoms with van der Waals surface area (Å²) in [7, 11) is 1.61. The third-order valence-corrected chi connectivity index (χ3v) is 5.02. The van der Waals surface area contributed by atoms with Gasteiger partial charge in [0.25, 0.3) is 0 Å². The first kappa shape index (κ1) is 17.5. The number of hydrogen-bond acceptors (Lipinski definition) is 4. The Morgan fingerprint density at radius 3 is 2.76 bits per heavy atom. The van der Waals surface area contributed by atoms with Gasteiger partial charge >= 0.3 is 0 Å². The van der Waals surface area contributed by atoms with Crippen molar-refractivity contribution in [2.45, 2.75) is 45.6 Å². The lowest BCUT2D eigenvalue weighted by Crippen LogP contribution is -2.48. The maximum absolute atomic E-state index is 5.08. The van der Waals surface area contributed by atoms with Gasteiger partial charge in [0.2, 0.25) is 5.88 Å². The Labute approximate surface area is 150 Å². The molecule has 0 amide bonds. The van der Waals surface area contributed by atoms with E-state index in [1.54, 1.807) is 13.3 Å². The molecule has 0 saturated heterocycles. The number of aromatic nitrogens is 1. The van der Waals surface area contributed by atoms with Crippen molar-refractivity contribution in [1.82, 2.24) is 4.98 Å². The second-order valence-electron chi connectivity index (χ2n) is 7.30. The molecule has 25 heavy (non-hydrogen) atoms. The Hall–Kier alpha value is -2.36. The largest absolute Gasteiger partial charge is 0.481 e. The topological polar surface area (TPSA) is 37.7 Å². The maximum Gasteiger partial charge on any atom is 0.213 e. The Morgan fingerprint density at radius 1 is 1.32 bits per heavy atom. The van der Waals surface area contributed by atoms with Crippen LogP contribution in [-0.4, -0.2) is 30.4 Å². The van der Waals surface area contributed by atoms with E-state index in [-0.39, 0.29) is 5.54 Å². The highest BCUT2D eigenvalue weighted by molar-refractivity contribution is 5.83. The van der Waals surface area contributed by atoms with Crippen molar-refractivity contribution in [1.29, 1.82) is 0 Å². The fourth-order valence-electron chi connectivity index (χ4n) is 3.91. The standard InChI is InChI=1S/C21H27N3O/c1-6-24-19-9-7-16(11-18(19)15(2)12-21(24,3)4)13-22-17-8-10-20(25-5)23-14-17/h7-11,13-15H,6,12H2,1-5H3. The second-order valence-corrected chi connectivity index (χ2v) is 7.30. The molecule has 0 N–H and O–H groups in total. The number of benzene rings is 1. The van der Waals surface area contributed by atoms with Crippen LogP contribution in [-0.2, 0) is 0 Å². The molecule has 1 aromatic heterocycles. The number of methoxy groups -OCH3 is 1. The monoisotopic (exact) mass is 337 g/mol. The molecule has 4 nitrogen and oxygen atoms in total. The molecule has 4 heteroatoms. The normalized spacial score (nSPS) is 19.1. The van der Waals surface area contributed by atoms with Gasteiger partial charge in [0.1, 0.15) is 0 Å². The Bertz CT molecular complexity index is 765. The lowest BCUT2D eigenvalue weighted by Gasteiger charge is -2.47. The molecule has 1 unspecified atom stereocenters. The Kier molecular flexibility index (Phi) is 4.80. The van der Waals surface area contributed by atoms with Gasteiger partial charge in [0.15, 0.2) is 0 Å². The first-order valence-corrected chi connectivity index (χ1v) is 8.90. The molecule has 2 aromatic rings. The number of pyridine rings is 1. The molecular formula is C21H27N3O. The molecule has 0 radical (unpaired) electrons. The first-order valence-electron chi connectivity index (χ1n) is 8.90. The number of hydrogen-bond donors (Lipinski definition) is 0. The van der Waals surface area contributed by atoms with Gasteiger partial charge in [-0.1, -0.05) is 13.0 Å². The molecular weight excluding hydrogens is 310 g/mol. The summed E-state index contributed by atoms with van der Waals surface area (Å²) in [5, 5.41) is 0. The van der Waals surface area contributed by atoms with Crippen molar-refractivity contribution in [3.05, 3.63) is 47.7 Å². The number of aliphatic imine (C=N–C) groups is 1. The summed E-state index contributed by atoms with van der Waals surface area (Å²) in [6.07, 6.45) is 4.79. The van der Waals surface area contributed by atoms with Crippen LogP contribution in [0.5, 0.6) is 5.88 Å². The molecule has 0 fully saturated rings. The molecule has 0 bridgehead atoms. The zero-order valence-electron chi connectivity index (χ0n) is 15.8. The summed E-state index contributed by atoms with van der Waals surface area (Å²) in [4.78, 5) is 11.2. The van der Waals surface area contributed by atoms with Crippen molar-refractivity contribution in [2.24, 2.45) is 4.99 Å². The summed E-state index contributed by atoms with van der Waals surface area (Å²) in [6, 6.07) is 10.4. The molecule has 2 heterocycles. The zero-order valence-corrected chi connectivity index (χ0v) is 15.8. The quantitative estimate of drug-likeness (QED) is 0.741. The minimum absolute atomic E-state index is 0.200. The average Bonchev–Trinajstić information content (AvgIpc) is 2.60. The number of rotatable bonds is 4. The van der Waals surface area contributed by atoms with E-state index in [2.05, 4.69) is 60.8 Å². The highest BCUT2D eigenvalue weighted by atomic mass is 16.5. The van der Waals surface area contributed by atoms with E-state index in [9.17, 15) is 0 Å². The third-order valence-electron chi connectivity index (χ3n) is 5.02. The smallest absolute Gasteiger partial charge is 0.213 e. The fourth-order valence-corrected chi connectivity index (χ4v) is 3.91. The van der Waals surface area contributed by atoms with Crippen LogP contribution >= 0.6 is 0 Å². The third kappa shape index (κ3) is 3.53. The van der Waals surface area contributed by atoms with E-state index in [1.807, 2.05) is 18.3 Å². The molecule has 1 aromatic carbocycles. The van der Waals surface area contributed by atoms with Gasteiger partial charge in [-0.3, -0.25) is 4.99 Å². The second kappa shape index (κ2) is 6.87. The highest BCUT2D eigenvalue weighted by Gasteiger charge is 2.35. The molecule has 0 saturated carbocycles. The van der Waals surface area contributed by atoms with Crippen LogP contribution < -0.4 is 9.64 Å². The molecule has 3 rings (SSSR count). The van der Waals surface area contributed by atoms with E-state index in [0.29, 0.717) is 11.8 Å². The zero-order chi connectivity index (χ0) is 18.0. The van der Waals surface area contributed by atoms with Crippen LogP contribution in [0.25, 0.3) is 0 Å². The molecule has 1 aliphatic heterocycles. The number of ether oxygens (including phenoxy) is 1. The number of anilines is 1. The van der Waals surface area contributed by atoms with Gasteiger partial charge in [-0.05, 0) is 62.4 Å². The molecule has 132 valence electrons. The van der Waals surface area contributed by atoms with E-state index in [4.69, 9.17) is 4.74 Å². The summed E-state index contributed by atoms with van der Waals surface area (Å²) in [5.41, 5.74) is 4.92. The average molecular weight is 337 g/mol. The van der Waals surface area contributed by atoms with Crippen molar-refractivity contribution in [3.63, 3.8) is 0 Å². The minimum Gasteiger partial charge on any atom is -0.481 e. The van der Waals surface area contributed by atoms with Crippen LogP contribution in [0.1, 0.15) is 51.2 Å². The minimum atomic E-state index is 0.200. The molecule has 0 spiro atoms. The summed E-state index contributed by atoms with van der Waals surface area (Å²) in [5.74, 6) is 1.15. The Morgan fingerprint density at radius 2 is 2.12 bits per heavy atom. The van der Waals surface area contributed by atoms with Crippen molar-refractivity contribution >= 4 is 17.6 Å². The number of fused-ring (bicyclic) bond motifs is 1. The number of nitrogens with zero attached hydrogens (tertiary/aromatic N) is 3. The summed E-state index contributed by atoms with van der Waals surface area (Å²) in [6.45, 7) is 10.2. The lowest BCUT2D eigenvalue weighted by molar-refractivity contribution is 0.381. The van der Waals surface area contributed by atoms with Crippen molar-refractivity contribution in [2.75, 3.05) is 18.6 Å². The van der Waals surface area contributed by atoms with Crippen LogP contribution in [0.4, 0.5) is 11.4 Å². The van der Waals surface area contributed by atoms with Crippen LogP contribution in [0, 0.1) is 0 Å². The predicted molar refractivity (Wildman–Crippen MR) is 105 cm³/mol. The first-order chi connectivity index (χ1) is 11.9. The maximum atomic E-state index is 5.08. The van der Waals surface area contributed by atoms with Gasteiger partial charge < -0.3 is 9.64 Å². The molecule has 1 atom stereocenters. The van der Waals surface area contributed by atoms with Crippen LogP contribution in [0.15, 0.2) is 41.5 Å².